The maximum Gasteiger partial charge on any atom is 0.242 e. The first-order valence-electron chi connectivity index (χ1n) is 10.1. The van der Waals surface area contributed by atoms with Crippen molar-refractivity contribution in [3.63, 3.8) is 0 Å². The second-order valence-electron chi connectivity index (χ2n) is 7.45. The van der Waals surface area contributed by atoms with Crippen LogP contribution in [0.15, 0.2) is 18.2 Å². The number of rotatable bonds is 9. The van der Waals surface area contributed by atoms with Gasteiger partial charge in [0, 0.05) is 25.7 Å². The van der Waals surface area contributed by atoms with E-state index in [4.69, 9.17) is 32.7 Å². The molecular weight excluding hydrogens is 455 g/mol. The summed E-state index contributed by atoms with van der Waals surface area (Å²) in [7, 11) is 3.39. The minimum atomic E-state index is -0.893. The van der Waals surface area contributed by atoms with Crippen LogP contribution in [0, 0.1) is 13.8 Å². The molecule has 0 aliphatic rings. The summed E-state index contributed by atoms with van der Waals surface area (Å²) in [6, 6.07) is 5.01. The Morgan fingerprint density at radius 1 is 1.31 bits per heavy atom. The van der Waals surface area contributed by atoms with Crippen LogP contribution in [0.5, 0.6) is 11.6 Å². The Morgan fingerprint density at radius 3 is 2.78 bits per heavy atom. The number of nitrogens with zero attached hydrogens (tertiary/aromatic N) is 3. The number of carbonyl (C=O) groups excluding carboxylic acids is 1. The number of aromatic nitrogens is 3. The van der Waals surface area contributed by atoms with E-state index in [9.17, 15) is 9.90 Å². The van der Waals surface area contributed by atoms with Gasteiger partial charge < -0.3 is 19.9 Å². The van der Waals surface area contributed by atoms with Crippen LogP contribution < -0.4 is 14.8 Å². The maximum atomic E-state index is 12.3. The zero-order chi connectivity index (χ0) is 23.4. The van der Waals surface area contributed by atoms with E-state index in [0.29, 0.717) is 23.1 Å². The lowest BCUT2D eigenvalue weighted by atomic mass is 10.00. The molecule has 32 heavy (non-hydrogen) atoms. The zero-order valence-electron chi connectivity index (χ0n) is 18.4. The van der Waals surface area contributed by atoms with Gasteiger partial charge >= 0.3 is 0 Å². The molecule has 2 heterocycles. The molecule has 3 rings (SSSR count). The molecule has 0 bridgehead atoms. The number of methoxy groups -OCH3 is 1. The van der Waals surface area contributed by atoms with Crippen LogP contribution in [0.2, 0.25) is 10.0 Å². The number of ether oxygens (including phenoxy) is 2. The second kappa shape index (κ2) is 10.4. The first-order chi connectivity index (χ1) is 15.2. The number of hydrogen-bond donors (Lipinski definition) is 2. The largest absolute Gasteiger partial charge is 0.489 e. The number of nitrogens with one attached hydrogen (secondary N) is 1. The summed E-state index contributed by atoms with van der Waals surface area (Å²) in [6.45, 7) is 3.93. The molecule has 1 unspecified atom stereocenters. The van der Waals surface area contributed by atoms with Crippen LogP contribution in [-0.4, -0.2) is 52.1 Å². The maximum absolute atomic E-state index is 12.3. The van der Waals surface area contributed by atoms with Crippen molar-refractivity contribution in [3.05, 3.63) is 45.1 Å². The molecule has 0 spiro atoms. The number of carbonyl (C=O) groups is 1. The van der Waals surface area contributed by atoms with Gasteiger partial charge in [0.25, 0.3) is 0 Å². The van der Waals surface area contributed by atoms with Crippen molar-refractivity contribution in [3.8, 4) is 11.6 Å². The third-order valence-corrected chi connectivity index (χ3v) is 6.00. The molecule has 1 atom stereocenters. The number of amides is 1. The molecule has 3 aromatic rings. The fraction of sp³-hybridized carbons (Fsp3) is 0.409. The number of hydrogen-bond acceptors (Lipinski definition) is 6. The van der Waals surface area contributed by atoms with Crippen molar-refractivity contribution in [2.24, 2.45) is 7.05 Å². The zero-order valence-corrected chi connectivity index (χ0v) is 19.9. The minimum Gasteiger partial charge on any atom is -0.489 e. The van der Waals surface area contributed by atoms with Crippen LogP contribution in [0.25, 0.3) is 11.0 Å². The number of benzene rings is 1. The van der Waals surface area contributed by atoms with Crippen molar-refractivity contribution in [1.82, 2.24) is 20.1 Å². The molecule has 0 aliphatic carbocycles. The van der Waals surface area contributed by atoms with Crippen LogP contribution in [0.4, 0.5) is 0 Å². The Balaban J connectivity index is 1.54. The SMILES string of the molecule is COc1nn(C)c2nc(C)c(CCC(=O)NCC(O)COc3cccc(Cl)c3Cl)c(C)c12. The highest BCUT2D eigenvalue weighted by atomic mass is 35.5. The minimum absolute atomic E-state index is 0.0278. The van der Waals surface area contributed by atoms with Gasteiger partial charge in [-0.1, -0.05) is 29.3 Å². The summed E-state index contributed by atoms with van der Waals surface area (Å²) in [5, 5.41) is 18.7. The lowest BCUT2D eigenvalue weighted by Crippen LogP contribution is -2.35. The van der Waals surface area contributed by atoms with Crippen molar-refractivity contribution in [2.75, 3.05) is 20.3 Å². The summed E-state index contributed by atoms with van der Waals surface area (Å²) < 4.78 is 12.6. The molecule has 10 heteroatoms. The van der Waals surface area contributed by atoms with E-state index in [0.717, 1.165) is 27.9 Å². The monoisotopic (exact) mass is 480 g/mol. The Labute approximate surface area is 196 Å². The summed E-state index contributed by atoms with van der Waals surface area (Å²) in [5.74, 6) is 0.715. The highest BCUT2D eigenvalue weighted by molar-refractivity contribution is 6.42. The molecule has 2 aromatic heterocycles. The van der Waals surface area contributed by atoms with Crippen molar-refractivity contribution < 1.29 is 19.4 Å². The third kappa shape index (κ3) is 5.26. The van der Waals surface area contributed by atoms with Crippen LogP contribution >= 0.6 is 23.2 Å². The topological polar surface area (TPSA) is 98.5 Å². The molecule has 2 N–H and O–H groups in total. The number of aliphatic hydroxyl groups excluding tert-OH is 1. The average Bonchev–Trinajstić information content (AvgIpc) is 3.08. The summed E-state index contributed by atoms with van der Waals surface area (Å²) in [4.78, 5) is 17.0. The Kier molecular flexibility index (Phi) is 7.82. The van der Waals surface area contributed by atoms with Gasteiger partial charge in [-0.3, -0.25) is 4.79 Å². The van der Waals surface area contributed by atoms with Crippen molar-refractivity contribution >= 4 is 40.1 Å². The molecule has 0 radical (unpaired) electrons. The first-order valence-corrected chi connectivity index (χ1v) is 10.9. The number of aliphatic hydroxyl groups is 1. The average molecular weight is 481 g/mol. The summed E-state index contributed by atoms with van der Waals surface area (Å²) >= 11 is 12.0. The highest BCUT2D eigenvalue weighted by Gasteiger charge is 2.19. The van der Waals surface area contributed by atoms with Gasteiger partial charge in [0.2, 0.25) is 11.8 Å². The molecule has 0 saturated carbocycles. The van der Waals surface area contributed by atoms with Gasteiger partial charge in [0.15, 0.2) is 5.65 Å². The van der Waals surface area contributed by atoms with Crippen LogP contribution in [-0.2, 0) is 18.3 Å². The second-order valence-corrected chi connectivity index (χ2v) is 8.24. The molecule has 1 amide bonds. The van der Waals surface area contributed by atoms with E-state index in [2.05, 4.69) is 15.4 Å². The molecule has 1 aromatic carbocycles. The number of halogens is 2. The summed E-state index contributed by atoms with van der Waals surface area (Å²) in [5.41, 5.74) is 3.57. The van der Waals surface area contributed by atoms with Gasteiger partial charge in [0.1, 0.15) is 23.5 Å². The van der Waals surface area contributed by atoms with E-state index in [1.54, 1.807) is 30.0 Å². The van der Waals surface area contributed by atoms with Crippen molar-refractivity contribution in [1.29, 1.82) is 0 Å². The molecular formula is C22H26Cl2N4O4. The molecule has 0 aliphatic heterocycles. The molecule has 0 fully saturated rings. The van der Waals surface area contributed by atoms with Gasteiger partial charge in [-0.2, -0.15) is 0 Å². The quantitative estimate of drug-likeness (QED) is 0.486. The van der Waals surface area contributed by atoms with Crippen molar-refractivity contribution in [2.45, 2.75) is 32.8 Å². The smallest absolute Gasteiger partial charge is 0.242 e. The lowest BCUT2D eigenvalue weighted by Gasteiger charge is -2.15. The number of pyridine rings is 1. The predicted molar refractivity (Wildman–Crippen MR) is 124 cm³/mol. The number of fused-ring (bicyclic) bond motifs is 1. The Bertz CT molecular complexity index is 1130. The third-order valence-electron chi connectivity index (χ3n) is 5.20. The van der Waals surface area contributed by atoms with E-state index < -0.39 is 6.10 Å². The normalized spacial score (nSPS) is 12.1. The fourth-order valence-corrected chi connectivity index (χ4v) is 3.85. The van der Waals surface area contributed by atoms with Crippen LogP contribution in [0.3, 0.4) is 0 Å². The van der Waals surface area contributed by atoms with E-state index in [-0.39, 0.29) is 30.5 Å². The lowest BCUT2D eigenvalue weighted by molar-refractivity contribution is -0.121. The molecule has 172 valence electrons. The van der Waals surface area contributed by atoms with E-state index >= 15 is 0 Å². The molecule has 0 saturated heterocycles. The summed E-state index contributed by atoms with van der Waals surface area (Å²) in [6.07, 6.45) is -0.129. The fourth-order valence-electron chi connectivity index (χ4n) is 3.51. The first kappa shape index (κ1) is 24.1. The number of aryl methyl sites for hydroxylation is 3. The van der Waals surface area contributed by atoms with Gasteiger partial charge in [0.05, 0.1) is 17.5 Å². The standard InChI is InChI=1S/C22H26Cl2N4O4/c1-12-15(13(2)26-21-19(12)22(31-4)27-28(21)3)8-9-18(30)25-10-14(29)11-32-17-7-5-6-16(23)20(17)24/h5-7,14,29H,8-11H2,1-4H3,(H,25,30). The Hall–Kier alpha value is -2.55. The van der Waals surface area contributed by atoms with Gasteiger partial charge in [-0.05, 0) is 43.5 Å². The Morgan fingerprint density at radius 2 is 2.06 bits per heavy atom. The highest BCUT2D eigenvalue weighted by Crippen LogP contribution is 2.32. The van der Waals surface area contributed by atoms with Gasteiger partial charge in [-0.15, -0.1) is 5.10 Å². The van der Waals surface area contributed by atoms with E-state index in [1.807, 2.05) is 20.9 Å². The van der Waals surface area contributed by atoms with Gasteiger partial charge in [-0.25, -0.2) is 9.67 Å². The van der Waals surface area contributed by atoms with Crippen LogP contribution in [0.1, 0.15) is 23.2 Å². The predicted octanol–water partition coefficient (Wildman–Crippen LogP) is 3.39. The van der Waals surface area contributed by atoms with E-state index in [1.165, 1.54) is 0 Å². The molecule has 8 nitrogen and oxygen atoms in total.